The summed E-state index contributed by atoms with van der Waals surface area (Å²) in [7, 11) is 1.65. The number of benzene rings is 1. The minimum atomic E-state index is -0.00807. The first kappa shape index (κ1) is 10.8. The average Bonchev–Trinajstić information content (AvgIpc) is 2.91. The van der Waals surface area contributed by atoms with Crippen LogP contribution in [0.1, 0.15) is 24.0 Å². The van der Waals surface area contributed by atoms with E-state index in [0.717, 1.165) is 36.1 Å². The van der Waals surface area contributed by atoms with Crippen molar-refractivity contribution in [3.8, 4) is 5.75 Å². The van der Waals surface area contributed by atoms with E-state index in [1.165, 1.54) is 0 Å². The molecule has 0 heterocycles. The molecular weight excluding hydrogens is 210 g/mol. The summed E-state index contributed by atoms with van der Waals surface area (Å²) in [5.74, 6) is 0.786. The number of aryl methyl sites for hydroxylation is 1. The molecule has 82 valence electrons. The van der Waals surface area contributed by atoms with E-state index in [0.29, 0.717) is 5.02 Å². The fourth-order valence-corrected chi connectivity index (χ4v) is 2.03. The Morgan fingerprint density at radius 1 is 1.47 bits per heavy atom. The van der Waals surface area contributed by atoms with Gasteiger partial charge in [0.05, 0.1) is 12.1 Å². The molecule has 2 nitrogen and oxygen atoms in total. The second-order valence-electron chi connectivity index (χ2n) is 4.43. The summed E-state index contributed by atoms with van der Waals surface area (Å²) < 4.78 is 5.34. The van der Waals surface area contributed by atoms with Gasteiger partial charge in [-0.05, 0) is 37.3 Å². The van der Waals surface area contributed by atoms with Crippen LogP contribution in [0.5, 0.6) is 5.75 Å². The van der Waals surface area contributed by atoms with E-state index in [-0.39, 0.29) is 5.54 Å². The van der Waals surface area contributed by atoms with Gasteiger partial charge in [-0.25, -0.2) is 0 Å². The van der Waals surface area contributed by atoms with Gasteiger partial charge >= 0.3 is 0 Å². The molecule has 0 aliphatic heterocycles. The fourth-order valence-electron chi connectivity index (χ4n) is 1.77. The maximum absolute atomic E-state index is 6.18. The van der Waals surface area contributed by atoms with Crippen molar-refractivity contribution >= 4 is 11.6 Å². The van der Waals surface area contributed by atoms with Gasteiger partial charge in [-0.1, -0.05) is 23.7 Å². The van der Waals surface area contributed by atoms with Crippen LogP contribution in [-0.4, -0.2) is 12.6 Å². The summed E-state index contributed by atoms with van der Waals surface area (Å²) in [5, 5.41) is 0.708. The predicted molar refractivity (Wildman–Crippen MR) is 62.6 cm³/mol. The SMILES string of the molecule is COc1c(CC2(N)CC2)ccc(C)c1Cl. The lowest BCUT2D eigenvalue weighted by Gasteiger charge is -2.15. The molecule has 2 rings (SSSR count). The van der Waals surface area contributed by atoms with Crippen molar-refractivity contribution in [1.29, 1.82) is 0 Å². The highest BCUT2D eigenvalue weighted by molar-refractivity contribution is 6.32. The number of halogens is 1. The van der Waals surface area contributed by atoms with Crippen LogP contribution in [0.2, 0.25) is 5.02 Å². The molecule has 15 heavy (non-hydrogen) atoms. The van der Waals surface area contributed by atoms with Crippen LogP contribution in [0.25, 0.3) is 0 Å². The van der Waals surface area contributed by atoms with Gasteiger partial charge in [0.1, 0.15) is 5.75 Å². The zero-order valence-electron chi connectivity index (χ0n) is 9.14. The highest BCUT2D eigenvalue weighted by Gasteiger charge is 2.38. The van der Waals surface area contributed by atoms with Crippen molar-refractivity contribution < 1.29 is 4.74 Å². The van der Waals surface area contributed by atoms with Crippen LogP contribution in [0.4, 0.5) is 0 Å². The van der Waals surface area contributed by atoms with Gasteiger partial charge < -0.3 is 10.5 Å². The molecule has 0 bridgehead atoms. The standard InChI is InChI=1S/C12H16ClNO/c1-8-3-4-9(7-12(14)5-6-12)11(15-2)10(8)13/h3-4H,5-7,14H2,1-2H3. The van der Waals surface area contributed by atoms with Gasteiger partial charge in [0.25, 0.3) is 0 Å². The zero-order chi connectivity index (χ0) is 11.1. The molecule has 1 aliphatic rings. The summed E-state index contributed by atoms with van der Waals surface area (Å²) in [6.45, 7) is 1.98. The molecule has 0 amide bonds. The van der Waals surface area contributed by atoms with E-state index < -0.39 is 0 Å². The van der Waals surface area contributed by atoms with Crippen LogP contribution in [-0.2, 0) is 6.42 Å². The van der Waals surface area contributed by atoms with Gasteiger partial charge in [-0.15, -0.1) is 0 Å². The van der Waals surface area contributed by atoms with Gasteiger partial charge in [0.15, 0.2) is 0 Å². The monoisotopic (exact) mass is 225 g/mol. The topological polar surface area (TPSA) is 35.2 Å². The van der Waals surface area contributed by atoms with E-state index in [9.17, 15) is 0 Å². The lowest BCUT2D eigenvalue weighted by Crippen LogP contribution is -2.24. The van der Waals surface area contributed by atoms with Gasteiger partial charge in [0.2, 0.25) is 0 Å². The van der Waals surface area contributed by atoms with E-state index in [4.69, 9.17) is 22.1 Å². The first-order valence-electron chi connectivity index (χ1n) is 5.16. The molecule has 0 atom stereocenters. The first-order chi connectivity index (χ1) is 7.06. The molecule has 1 fully saturated rings. The zero-order valence-corrected chi connectivity index (χ0v) is 9.90. The van der Waals surface area contributed by atoms with E-state index >= 15 is 0 Å². The number of hydrogen-bond acceptors (Lipinski definition) is 2. The van der Waals surface area contributed by atoms with Crippen molar-refractivity contribution in [2.45, 2.75) is 31.7 Å². The molecule has 0 radical (unpaired) electrons. The van der Waals surface area contributed by atoms with Crippen molar-refractivity contribution in [2.24, 2.45) is 5.73 Å². The van der Waals surface area contributed by atoms with Gasteiger partial charge in [0, 0.05) is 5.54 Å². The molecule has 0 unspecified atom stereocenters. The molecule has 3 heteroatoms. The second kappa shape index (κ2) is 3.69. The lowest BCUT2D eigenvalue weighted by atomic mass is 10.0. The molecule has 1 saturated carbocycles. The average molecular weight is 226 g/mol. The molecular formula is C12H16ClNO. The van der Waals surface area contributed by atoms with Crippen LogP contribution < -0.4 is 10.5 Å². The Kier molecular flexibility index (Phi) is 2.65. The van der Waals surface area contributed by atoms with Crippen molar-refractivity contribution in [3.05, 3.63) is 28.3 Å². The Morgan fingerprint density at radius 3 is 2.67 bits per heavy atom. The summed E-state index contributed by atoms with van der Waals surface area (Å²) in [6, 6.07) is 4.08. The number of nitrogens with two attached hydrogens (primary N) is 1. The Morgan fingerprint density at radius 2 is 2.13 bits per heavy atom. The summed E-state index contributed by atoms with van der Waals surface area (Å²) in [5.41, 5.74) is 8.24. The number of rotatable bonds is 3. The quantitative estimate of drug-likeness (QED) is 0.859. The highest BCUT2D eigenvalue weighted by Crippen LogP contribution is 2.40. The van der Waals surface area contributed by atoms with Crippen LogP contribution in [0.3, 0.4) is 0 Å². The molecule has 1 aromatic carbocycles. The summed E-state index contributed by atoms with van der Waals surface area (Å²) in [6.07, 6.45) is 3.06. The molecule has 0 spiro atoms. The van der Waals surface area contributed by atoms with Crippen LogP contribution in [0.15, 0.2) is 12.1 Å². The van der Waals surface area contributed by atoms with Gasteiger partial charge in [-0.2, -0.15) is 0 Å². The van der Waals surface area contributed by atoms with E-state index in [2.05, 4.69) is 6.07 Å². The molecule has 0 aromatic heterocycles. The number of methoxy groups -OCH3 is 1. The Balaban J connectivity index is 2.34. The highest BCUT2D eigenvalue weighted by atomic mass is 35.5. The third-order valence-electron chi connectivity index (χ3n) is 3.01. The minimum Gasteiger partial charge on any atom is -0.495 e. The Hall–Kier alpha value is -0.730. The van der Waals surface area contributed by atoms with E-state index in [1.54, 1.807) is 7.11 Å². The molecule has 2 N–H and O–H groups in total. The van der Waals surface area contributed by atoms with Crippen molar-refractivity contribution in [1.82, 2.24) is 0 Å². The van der Waals surface area contributed by atoms with Crippen LogP contribution >= 0.6 is 11.6 Å². The van der Waals surface area contributed by atoms with E-state index in [1.807, 2.05) is 13.0 Å². The second-order valence-corrected chi connectivity index (χ2v) is 4.81. The minimum absolute atomic E-state index is 0.00807. The van der Waals surface area contributed by atoms with Crippen LogP contribution in [0, 0.1) is 6.92 Å². The maximum atomic E-state index is 6.18. The first-order valence-corrected chi connectivity index (χ1v) is 5.54. The smallest absolute Gasteiger partial charge is 0.140 e. The molecule has 1 aromatic rings. The third kappa shape index (κ3) is 2.11. The Labute approximate surface area is 95.4 Å². The number of ether oxygens (including phenoxy) is 1. The molecule has 0 saturated heterocycles. The maximum Gasteiger partial charge on any atom is 0.140 e. The summed E-state index contributed by atoms with van der Waals surface area (Å²) >= 11 is 6.18. The third-order valence-corrected chi connectivity index (χ3v) is 3.48. The van der Waals surface area contributed by atoms with Crippen molar-refractivity contribution in [2.75, 3.05) is 7.11 Å². The Bertz CT molecular complexity index is 385. The number of hydrogen-bond donors (Lipinski definition) is 1. The molecule has 1 aliphatic carbocycles. The summed E-state index contributed by atoms with van der Waals surface area (Å²) in [4.78, 5) is 0. The predicted octanol–water partition coefficient (Wildman–Crippen LogP) is 2.69. The van der Waals surface area contributed by atoms with Gasteiger partial charge in [-0.3, -0.25) is 0 Å². The largest absolute Gasteiger partial charge is 0.495 e. The van der Waals surface area contributed by atoms with Crippen molar-refractivity contribution in [3.63, 3.8) is 0 Å². The lowest BCUT2D eigenvalue weighted by molar-refractivity contribution is 0.407. The fraction of sp³-hybridized carbons (Fsp3) is 0.500. The normalized spacial score (nSPS) is 17.6.